The molecule has 4 aromatic rings. The van der Waals surface area contributed by atoms with Crippen LogP contribution in [0, 0.1) is 0 Å². The molecule has 0 saturated heterocycles. The normalized spacial score (nSPS) is 11.7. The first-order valence-electron chi connectivity index (χ1n) is 9.06. The van der Waals surface area contributed by atoms with Gasteiger partial charge in [-0.1, -0.05) is 0 Å². The zero-order valence-electron chi connectivity index (χ0n) is 16.9. The zero-order chi connectivity index (χ0) is 21.6. The van der Waals surface area contributed by atoms with Crippen LogP contribution in [-0.2, 0) is 23.9 Å². The van der Waals surface area contributed by atoms with Crippen molar-refractivity contribution < 1.29 is 13.2 Å². The number of pyridine rings is 2. The Bertz CT molecular complexity index is 1450. The summed E-state index contributed by atoms with van der Waals surface area (Å²) in [6.45, 7) is 0. The van der Waals surface area contributed by atoms with E-state index in [1.807, 2.05) is 19.3 Å². The molecule has 0 spiro atoms. The Balaban J connectivity index is 2.08. The number of benzene rings is 1. The molecule has 0 aliphatic rings. The third kappa shape index (κ3) is 3.37. The average molecular weight is 424 g/mol. The number of fused-ring (bicyclic) bond motifs is 1. The van der Waals surface area contributed by atoms with Crippen LogP contribution in [0.5, 0.6) is 5.75 Å². The summed E-state index contributed by atoms with van der Waals surface area (Å²) >= 11 is 0. The molecule has 3 aromatic heterocycles. The first-order valence-corrected chi connectivity index (χ1v) is 10.9. The summed E-state index contributed by atoms with van der Waals surface area (Å²) in [5.41, 5.74) is 2.51. The quantitative estimate of drug-likeness (QED) is 0.499. The summed E-state index contributed by atoms with van der Waals surface area (Å²) in [4.78, 5) is 17.3. The fourth-order valence-electron chi connectivity index (χ4n) is 3.41. The van der Waals surface area contributed by atoms with Crippen LogP contribution < -0.4 is 10.3 Å². The minimum absolute atomic E-state index is 0.168. The Morgan fingerprint density at radius 2 is 1.77 bits per heavy atom. The highest BCUT2D eigenvalue weighted by Crippen LogP contribution is 2.36. The molecule has 0 saturated carbocycles. The highest BCUT2D eigenvalue weighted by molar-refractivity contribution is 7.90. The molecule has 0 N–H and O–H groups in total. The molecular weight excluding hydrogens is 404 g/mol. The summed E-state index contributed by atoms with van der Waals surface area (Å²) in [5, 5.41) is 5.25. The van der Waals surface area contributed by atoms with Crippen molar-refractivity contribution in [2.75, 3.05) is 13.4 Å². The van der Waals surface area contributed by atoms with Gasteiger partial charge in [0, 0.05) is 61.0 Å². The molecule has 0 amide bonds. The molecule has 1 aromatic carbocycles. The fraction of sp³-hybridized carbons (Fsp3) is 0.190. The second kappa shape index (κ2) is 7.10. The highest BCUT2D eigenvalue weighted by atomic mass is 32.2. The molecule has 9 heteroatoms. The number of methoxy groups -OCH3 is 1. The van der Waals surface area contributed by atoms with Crippen LogP contribution in [0.3, 0.4) is 0 Å². The molecule has 3 heterocycles. The minimum Gasteiger partial charge on any atom is -0.496 e. The maximum atomic E-state index is 12.7. The van der Waals surface area contributed by atoms with E-state index in [0.717, 1.165) is 11.8 Å². The average Bonchev–Trinajstić information content (AvgIpc) is 3.15. The van der Waals surface area contributed by atoms with Crippen LogP contribution in [0.2, 0.25) is 0 Å². The van der Waals surface area contributed by atoms with Gasteiger partial charge in [0.2, 0.25) is 0 Å². The van der Waals surface area contributed by atoms with Gasteiger partial charge in [0.15, 0.2) is 9.84 Å². The second-order valence-corrected chi connectivity index (χ2v) is 9.13. The van der Waals surface area contributed by atoms with Gasteiger partial charge in [-0.2, -0.15) is 5.10 Å². The lowest BCUT2D eigenvalue weighted by atomic mass is 9.99. The van der Waals surface area contributed by atoms with E-state index in [0.29, 0.717) is 33.3 Å². The predicted molar refractivity (Wildman–Crippen MR) is 114 cm³/mol. The van der Waals surface area contributed by atoms with Crippen molar-refractivity contribution in [3.8, 4) is 28.1 Å². The SMILES string of the molecule is COc1ccc(S(C)(=O)=O)cc1-c1cn(C)c(=O)c2cnc(-c3cnn(C)c3)cc12. The van der Waals surface area contributed by atoms with E-state index < -0.39 is 9.84 Å². The Hall–Kier alpha value is -3.46. The van der Waals surface area contributed by atoms with Crippen LogP contribution in [0.1, 0.15) is 0 Å². The Morgan fingerprint density at radius 3 is 2.40 bits per heavy atom. The smallest absolute Gasteiger partial charge is 0.259 e. The number of hydrogen-bond acceptors (Lipinski definition) is 6. The van der Waals surface area contributed by atoms with E-state index in [1.165, 1.54) is 23.9 Å². The number of aryl methyl sites for hydroxylation is 2. The monoisotopic (exact) mass is 424 g/mol. The van der Waals surface area contributed by atoms with Gasteiger partial charge in [0.25, 0.3) is 5.56 Å². The van der Waals surface area contributed by atoms with Crippen LogP contribution in [-0.4, -0.2) is 41.1 Å². The highest BCUT2D eigenvalue weighted by Gasteiger charge is 2.18. The molecule has 8 nitrogen and oxygen atoms in total. The van der Waals surface area contributed by atoms with E-state index in [4.69, 9.17) is 4.74 Å². The van der Waals surface area contributed by atoms with Gasteiger partial charge in [0.1, 0.15) is 5.75 Å². The summed E-state index contributed by atoms with van der Waals surface area (Å²) in [6, 6.07) is 6.50. The molecule has 0 radical (unpaired) electrons. The fourth-order valence-corrected chi connectivity index (χ4v) is 4.06. The number of rotatable bonds is 4. The number of hydrogen-bond donors (Lipinski definition) is 0. The lowest BCUT2D eigenvalue weighted by Crippen LogP contribution is -2.17. The van der Waals surface area contributed by atoms with Crippen LogP contribution >= 0.6 is 0 Å². The van der Waals surface area contributed by atoms with Gasteiger partial charge in [-0.25, -0.2) is 8.42 Å². The molecule has 30 heavy (non-hydrogen) atoms. The minimum atomic E-state index is -3.43. The first-order chi connectivity index (χ1) is 14.2. The van der Waals surface area contributed by atoms with Crippen molar-refractivity contribution in [1.29, 1.82) is 0 Å². The van der Waals surface area contributed by atoms with Crippen molar-refractivity contribution in [3.05, 3.63) is 59.4 Å². The lowest BCUT2D eigenvalue weighted by Gasteiger charge is -2.14. The third-order valence-electron chi connectivity index (χ3n) is 4.96. The Kier molecular flexibility index (Phi) is 4.70. The topological polar surface area (TPSA) is 96.1 Å². The molecule has 0 bridgehead atoms. The van der Waals surface area contributed by atoms with Gasteiger partial charge < -0.3 is 9.30 Å². The second-order valence-electron chi connectivity index (χ2n) is 7.11. The standard InChI is InChI=1S/C21H20N4O4S/c1-24-12-18(16-7-14(30(4,27)28)5-6-20(16)29-3)15-8-19(13-9-23-25(2)11-13)22-10-17(15)21(24)26/h5-12H,1-4H3. The van der Waals surface area contributed by atoms with Gasteiger partial charge >= 0.3 is 0 Å². The van der Waals surface area contributed by atoms with E-state index in [2.05, 4.69) is 10.1 Å². The predicted octanol–water partition coefficient (Wildman–Crippen LogP) is 2.41. The zero-order valence-corrected chi connectivity index (χ0v) is 17.8. The number of aromatic nitrogens is 4. The Morgan fingerprint density at radius 1 is 1.00 bits per heavy atom. The summed E-state index contributed by atoms with van der Waals surface area (Å²) in [6.07, 6.45) is 7.90. The molecule has 0 unspecified atom stereocenters. The third-order valence-corrected chi connectivity index (χ3v) is 6.07. The molecule has 154 valence electrons. The molecule has 0 aliphatic carbocycles. The largest absolute Gasteiger partial charge is 0.496 e. The lowest BCUT2D eigenvalue weighted by molar-refractivity contribution is 0.416. The molecule has 0 fully saturated rings. The Labute approximate surface area is 173 Å². The van der Waals surface area contributed by atoms with Crippen molar-refractivity contribution in [2.24, 2.45) is 14.1 Å². The summed E-state index contributed by atoms with van der Waals surface area (Å²) < 4.78 is 32.9. The van der Waals surface area contributed by atoms with Gasteiger partial charge in [0.05, 0.1) is 29.3 Å². The summed E-state index contributed by atoms with van der Waals surface area (Å²) in [5.74, 6) is 0.502. The van der Waals surface area contributed by atoms with Crippen molar-refractivity contribution in [2.45, 2.75) is 4.90 Å². The van der Waals surface area contributed by atoms with Gasteiger partial charge in [-0.05, 0) is 24.3 Å². The van der Waals surface area contributed by atoms with Crippen LogP contribution in [0.4, 0.5) is 0 Å². The molecule has 0 aliphatic heterocycles. The van der Waals surface area contributed by atoms with Crippen LogP contribution in [0.15, 0.2) is 58.7 Å². The van der Waals surface area contributed by atoms with Gasteiger partial charge in [-0.3, -0.25) is 14.5 Å². The summed E-state index contributed by atoms with van der Waals surface area (Å²) in [7, 11) is 1.55. The van der Waals surface area contributed by atoms with E-state index in [9.17, 15) is 13.2 Å². The van der Waals surface area contributed by atoms with Crippen LogP contribution in [0.25, 0.3) is 33.2 Å². The van der Waals surface area contributed by atoms with E-state index in [1.54, 1.807) is 36.3 Å². The number of sulfone groups is 1. The maximum Gasteiger partial charge on any atom is 0.259 e. The van der Waals surface area contributed by atoms with Crippen molar-refractivity contribution >= 4 is 20.6 Å². The number of ether oxygens (including phenoxy) is 1. The van der Waals surface area contributed by atoms with E-state index >= 15 is 0 Å². The molecule has 4 rings (SSSR count). The van der Waals surface area contributed by atoms with Gasteiger partial charge in [-0.15, -0.1) is 0 Å². The van der Waals surface area contributed by atoms with E-state index in [-0.39, 0.29) is 10.5 Å². The molecule has 0 atom stereocenters. The number of nitrogens with zero attached hydrogens (tertiary/aromatic N) is 4. The van der Waals surface area contributed by atoms with Crippen molar-refractivity contribution in [3.63, 3.8) is 0 Å². The molecular formula is C21H20N4O4S. The first kappa shape index (κ1) is 19.8. The van der Waals surface area contributed by atoms with Crippen molar-refractivity contribution in [1.82, 2.24) is 19.3 Å². The maximum absolute atomic E-state index is 12.7.